The van der Waals surface area contributed by atoms with Gasteiger partial charge < -0.3 is 9.47 Å². The van der Waals surface area contributed by atoms with E-state index in [1.54, 1.807) is 0 Å². The lowest BCUT2D eigenvalue weighted by Crippen LogP contribution is -2.01. The van der Waals surface area contributed by atoms with E-state index < -0.39 is 0 Å². The van der Waals surface area contributed by atoms with Gasteiger partial charge in [-0.3, -0.25) is 0 Å². The van der Waals surface area contributed by atoms with E-state index in [-0.39, 0.29) is 0 Å². The molecular formula is C21H19O2. The lowest BCUT2D eigenvalue weighted by molar-refractivity contribution is 0.299. The molecule has 0 unspecified atom stereocenters. The molecule has 2 heteroatoms. The van der Waals surface area contributed by atoms with Crippen LogP contribution in [0.3, 0.4) is 0 Å². The number of hydrogen-bond acceptors (Lipinski definition) is 2. The molecule has 0 aliphatic carbocycles. The van der Waals surface area contributed by atoms with Crippen molar-refractivity contribution in [2.24, 2.45) is 0 Å². The van der Waals surface area contributed by atoms with Gasteiger partial charge in [-0.1, -0.05) is 54.1 Å². The van der Waals surface area contributed by atoms with Gasteiger partial charge in [0, 0.05) is 0 Å². The Kier molecular flexibility index (Phi) is 4.95. The minimum atomic E-state index is 0.504. The smallest absolute Gasteiger partial charge is 0.119 e. The van der Waals surface area contributed by atoms with Crippen LogP contribution in [0.2, 0.25) is 0 Å². The Morgan fingerprint density at radius 3 is 1.57 bits per heavy atom. The highest BCUT2D eigenvalue weighted by Gasteiger charge is 2.02. The molecule has 0 aliphatic rings. The summed E-state index contributed by atoms with van der Waals surface area (Å²) in [5.74, 6) is 1.73. The first kappa shape index (κ1) is 15.2. The van der Waals surface area contributed by atoms with E-state index in [1.165, 1.54) is 5.56 Å². The molecule has 3 rings (SSSR count). The van der Waals surface area contributed by atoms with Crippen LogP contribution in [-0.4, -0.2) is 0 Å². The van der Waals surface area contributed by atoms with Crippen LogP contribution in [0.25, 0.3) is 0 Å². The van der Waals surface area contributed by atoms with Crippen LogP contribution in [0.5, 0.6) is 11.5 Å². The van der Waals surface area contributed by atoms with Crippen molar-refractivity contribution >= 4 is 0 Å². The molecule has 2 nitrogen and oxygen atoms in total. The molecule has 0 atom stereocenters. The third-order valence-electron chi connectivity index (χ3n) is 3.40. The lowest BCUT2D eigenvalue weighted by Gasteiger charge is -2.10. The number of ether oxygens (including phenoxy) is 2. The first-order valence-corrected chi connectivity index (χ1v) is 7.67. The zero-order valence-corrected chi connectivity index (χ0v) is 13.2. The number of benzene rings is 3. The van der Waals surface area contributed by atoms with Crippen LogP contribution >= 0.6 is 0 Å². The second-order valence-electron chi connectivity index (χ2n) is 5.41. The molecule has 115 valence electrons. The summed E-state index contributed by atoms with van der Waals surface area (Å²) in [6.07, 6.45) is 0. The summed E-state index contributed by atoms with van der Waals surface area (Å²) in [5, 5.41) is 0. The van der Waals surface area contributed by atoms with Gasteiger partial charge in [0.2, 0.25) is 0 Å². The summed E-state index contributed by atoms with van der Waals surface area (Å²) in [5.41, 5.74) is 3.24. The topological polar surface area (TPSA) is 18.5 Å². The van der Waals surface area contributed by atoms with E-state index in [9.17, 15) is 0 Å². The zero-order valence-electron chi connectivity index (χ0n) is 13.2. The quantitative estimate of drug-likeness (QED) is 0.641. The van der Waals surface area contributed by atoms with Crippen LogP contribution in [0.15, 0.2) is 72.8 Å². The molecule has 0 fully saturated rings. The van der Waals surface area contributed by atoms with Crippen LogP contribution in [0, 0.1) is 13.0 Å². The minimum Gasteiger partial charge on any atom is -0.489 e. The SMILES string of the molecule is Cc1cc(COc2ccccc2)[c]c(COc2ccccc2)c1. The lowest BCUT2D eigenvalue weighted by atomic mass is 10.1. The highest BCUT2D eigenvalue weighted by atomic mass is 16.5. The maximum atomic E-state index is 5.79. The van der Waals surface area contributed by atoms with Crippen molar-refractivity contribution in [2.45, 2.75) is 20.1 Å². The van der Waals surface area contributed by atoms with Crippen molar-refractivity contribution in [3.63, 3.8) is 0 Å². The van der Waals surface area contributed by atoms with Gasteiger partial charge in [0.25, 0.3) is 0 Å². The first-order valence-electron chi connectivity index (χ1n) is 7.67. The number of aryl methyl sites for hydroxylation is 1. The van der Waals surface area contributed by atoms with Gasteiger partial charge in [-0.25, -0.2) is 0 Å². The Balaban J connectivity index is 1.64. The molecule has 0 bridgehead atoms. The fourth-order valence-corrected chi connectivity index (χ4v) is 2.38. The summed E-state index contributed by atoms with van der Waals surface area (Å²) in [6, 6.07) is 27.2. The zero-order chi connectivity index (χ0) is 15.9. The van der Waals surface area contributed by atoms with E-state index in [0.717, 1.165) is 22.6 Å². The van der Waals surface area contributed by atoms with Crippen molar-refractivity contribution in [3.05, 3.63) is 95.6 Å². The molecule has 3 aromatic carbocycles. The maximum absolute atomic E-state index is 5.79. The monoisotopic (exact) mass is 303 g/mol. The van der Waals surface area contributed by atoms with E-state index >= 15 is 0 Å². The Hall–Kier alpha value is -2.74. The van der Waals surface area contributed by atoms with E-state index in [0.29, 0.717) is 13.2 Å². The summed E-state index contributed by atoms with van der Waals surface area (Å²) >= 11 is 0. The van der Waals surface area contributed by atoms with Gasteiger partial charge in [-0.2, -0.15) is 0 Å². The van der Waals surface area contributed by atoms with E-state index in [1.807, 2.05) is 60.7 Å². The van der Waals surface area contributed by atoms with Crippen LogP contribution in [0.4, 0.5) is 0 Å². The highest BCUT2D eigenvalue weighted by molar-refractivity contribution is 5.29. The largest absolute Gasteiger partial charge is 0.489 e. The molecule has 3 aromatic rings. The van der Waals surface area contributed by atoms with Crippen molar-refractivity contribution in [1.82, 2.24) is 0 Å². The molecule has 1 radical (unpaired) electrons. The predicted octanol–water partition coefficient (Wildman–Crippen LogP) is 4.95. The Morgan fingerprint density at radius 2 is 1.13 bits per heavy atom. The fourth-order valence-electron chi connectivity index (χ4n) is 2.38. The van der Waals surface area contributed by atoms with Gasteiger partial charge in [0.1, 0.15) is 24.7 Å². The van der Waals surface area contributed by atoms with Gasteiger partial charge in [0.05, 0.1) is 0 Å². The van der Waals surface area contributed by atoms with Crippen LogP contribution < -0.4 is 9.47 Å². The Morgan fingerprint density at radius 1 is 0.696 bits per heavy atom. The molecule has 0 aliphatic heterocycles. The second-order valence-corrected chi connectivity index (χ2v) is 5.41. The van der Waals surface area contributed by atoms with Crippen molar-refractivity contribution < 1.29 is 9.47 Å². The maximum Gasteiger partial charge on any atom is 0.119 e. The van der Waals surface area contributed by atoms with Gasteiger partial charge >= 0.3 is 0 Å². The van der Waals surface area contributed by atoms with Crippen molar-refractivity contribution in [2.75, 3.05) is 0 Å². The van der Waals surface area contributed by atoms with Crippen molar-refractivity contribution in [3.8, 4) is 11.5 Å². The summed E-state index contributed by atoms with van der Waals surface area (Å²) < 4.78 is 11.6. The number of rotatable bonds is 6. The van der Waals surface area contributed by atoms with Gasteiger partial charge in [0.15, 0.2) is 0 Å². The van der Waals surface area contributed by atoms with Gasteiger partial charge in [-0.05, 0) is 48.4 Å². The molecule has 0 aromatic heterocycles. The third-order valence-corrected chi connectivity index (χ3v) is 3.40. The molecule has 23 heavy (non-hydrogen) atoms. The molecule has 0 N–H and O–H groups in total. The molecule has 0 saturated carbocycles. The van der Waals surface area contributed by atoms with Gasteiger partial charge in [-0.15, -0.1) is 0 Å². The predicted molar refractivity (Wildman–Crippen MR) is 91.6 cm³/mol. The standard InChI is InChI=1S/C21H19O2/c1-17-12-18(15-22-20-8-4-2-5-9-20)14-19(13-17)16-23-21-10-6-3-7-11-21/h2-13H,15-16H2,1H3. The minimum absolute atomic E-state index is 0.504. The fraction of sp³-hybridized carbons (Fsp3) is 0.143. The van der Waals surface area contributed by atoms with Crippen LogP contribution in [0.1, 0.15) is 16.7 Å². The number of hydrogen-bond donors (Lipinski definition) is 0. The summed E-state index contributed by atoms with van der Waals surface area (Å²) in [4.78, 5) is 0. The molecule has 0 amide bonds. The molecule has 0 saturated heterocycles. The first-order chi connectivity index (χ1) is 11.3. The summed E-state index contributed by atoms with van der Waals surface area (Å²) in [7, 11) is 0. The van der Waals surface area contributed by atoms with E-state index in [2.05, 4.69) is 25.1 Å². The number of para-hydroxylation sites is 2. The Labute approximate surface area is 137 Å². The summed E-state index contributed by atoms with van der Waals surface area (Å²) in [6.45, 7) is 3.08. The molecule has 0 spiro atoms. The molecule has 0 heterocycles. The Bertz CT molecular complexity index is 675. The average Bonchev–Trinajstić information content (AvgIpc) is 2.60. The normalized spacial score (nSPS) is 10.3. The second kappa shape index (κ2) is 7.50. The highest BCUT2D eigenvalue weighted by Crippen LogP contribution is 2.16. The average molecular weight is 303 g/mol. The van der Waals surface area contributed by atoms with Crippen molar-refractivity contribution in [1.29, 1.82) is 0 Å². The van der Waals surface area contributed by atoms with E-state index in [4.69, 9.17) is 9.47 Å². The third kappa shape index (κ3) is 4.62. The van der Waals surface area contributed by atoms with Crippen LogP contribution in [-0.2, 0) is 13.2 Å². The molecular weight excluding hydrogens is 284 g/mol.